The van der Waals surface area contributed by atoms with Crippen LogP contribution >= 0.6 is 0 Å². The number of hydrogen-bond acceptors (Lipinski definition) is 4. The van der Waals surface area contributed by atoms with Gasteiger partial charge in [0.2, 0.25) is 0 Å². The van der Waals surface area contributed by atoms with Gasteiger partial charge in [-0.3, -0.25) is 0 Å². The number of carbonyl (C=O) groups excluding carboxylic acids is 1. The Bertz CT molecular complexity index is 384. The maximum Gasteiger partial charge on any atom is 0.123 e. The highest BCUT2D eigenvalue weighted by molar-refractivity contribution is 5.58. The second kappa shape index (κ2) is 4.88. The van der Waals surface area contributed by atoms with Crippen molar-refractivity contribution in [2.24, 2.45) is 11.1 Å². The molecule has 4 heteroatoms. The Balaban J connectivity index is 2.07. The maximum atomic E-state index is 10.6. The van der Waals surface area contributed by atoms with Crippen LogP contribution < -0.4 is 4.90 Å². The highest BCUT2D eigenvalue weighted by atomic mass is 16.3. The summed E-state index contributed by atoms with van der Waals surface area (Å²) in [5.74, 6) is 0.198. The first-order valence-electron chi connectivity index (χ1n) is 5.47. The lowest BCUT2D eigenvalue weighted by molar-refractivity contribution is -0.111. The second-order valence-corrected chi connectivity index (χ2v) is 4.07. The number of nitroso groups, excluding NO2 is 1. The molecular weight excluding hydrogens is 204 g/mol. The number of aldehydes is 1. The standard InChI is InChI=1S/C12H14N2O2/c15-9-10-4-6-14(7-5-10)12-3-1-2-11(8-12)13-16/h1-3,8-10H,4-7H2. The molecule has 2 rings (SSSR count). The summed E-state index contributed by atoms with van der Waals surface area (Å²) in [7, 11) is 0. The first kappa shape index (κ1) is 10.8. The van der Waals surface area contributed by atoms with Crippen molar-refractivity contribution in [1.29, 1.82) is 0 Å². The summed E-state index contributed by atoms with van der Waals surface area (Å²) in [6, 6.07) is 7.27. The average molecular weight is 218 g/mol. The first-order chi connectivity index (χ1) is 7.83. The minimum Gasteiger partial charge on any atom is -0.371 e. The molecule has 1 aliphatic heterocycles. The average Bonchev–Trinajstić information content (AvgIpc) is 2.39. The lowest BCUT2D eigenvalue weighted by Gasteiger charge is -2.31. The van der Waals surface area contributed by atoms with Crippen LogP contribution in [0.15, 0.2) is 29.4 Å². The number of rotatable bonds is 3. The summed E-state index contributed by atoms with van der Waals surface area (Å²) in [5, 5.41) is 2.92. The highest BCUT2D eigenvalue weighted by Crippen LogP contribution is 2.25. The van der Waals surface area contributed by atoms with Gasteiger partial charge in [-0.1, -0.05) is 6.07 Å². The van der Waals surface area contributed by atoms with Gasteiger partial charge in [-0.15, -0.1) is 4.91 Å². The van der Waals surface area contributed by atoms with E-state index in [1.807, 2.05) is 12.1 Å². The van der Waals surface area contributed by atoms with Crippen molar-refractivity contribution in [3.8, 4) is 0 Å². The van der Waals surface area contributed by atoms with Gasteiger partial charge in [0.05, 0.1) is 0 Å². The Hall–Kier alpha value is -1.71. The van der Waals surface area contributed by atoms with Gasteiger partial charge in [0.25, 0.3) is 0 Å². The van der Waals surface area contributed by atoms with Gasteiger partial charge in [-0.2, -0.15) is 0 Å². The van der Waals surface area contributed by atoms with Gasteiger partial charge < -0.3 is 9.69 Å². The molecule has 0 atom stereocenters. The minimum absolute atomic E-state index is 0.198. The zero-order valence-electron chi connectivity index (χ0n) is 9.00. The zero-order valence-corrected chi connectivity index (χ0v) is 9.00. The Morgan fingerprint density at radius 3 is 2.69 bits per heavy atom. The number of anilines is 1. The lowest BCUT2D eigenvalue weighted by Crippen LogP contribution is -2.33. The van der Waals surface area contributed by atoms with Crippen molar-refractivity contribution in [3.05, 3.63) is 29.2 Å². The predicted molar refractivity (Wildman–Crippen MR) is 62.9 cm³/mol. The molecule has 1 aliphatic rings. The molecular formula is C12H14N2O2. The van der Waals surface area contributed by atoms with Crippen LogP contribution in [-0.4, -0.2) is 19.4 Å². The van der Waals surface area contributed by atoms with Crippen LogP contribution in [0.4, 0.5) is 11.4 Å². The van der Waals surface area contributed by atoms with Crippen molar-refractivity contribution in [2.75, 3.05) is 18.0 Å². The summed E-state index contributed by atoms with van der Waals surface area (Å²) in [6.45, 7) is 1.73. The number of hydrogen-bond donors (Lipinski definition) is 0. The van der Waals surface area contributed by atoms with Gasteiger partial charge in [-0.05, 0) is 36.2 Å². The van der Waals surface area contributed by atoms with E-state index in [1.54, 1.807) is 12.1 Å². The van der Waals surface area contributed by atoms with Crippen LogP contribution in [0, 0.1) is 10.8 Å². The molecule has 0 radical (unpaired) electrons. The molecule has 1 aromatic rings. The Kier molecular flexibility index (Phi) is 3.29. The lowest BCUT2D eigenvalue weighted by atomic mass is 9.98. The normalized spacial score (nSPS) is 17.1. The molecule has 4 nitrogen and oxygen atoms in total. The van der Waals surface area contributed by atoms with Crippen LogP contribution in [0.5, 0.6) is 0 Å². The molecule has 0 aliphatic carbocycles. The van der Waals surface area contributed by atoms with Crippen molar-refractivity contribution in [2.45, 2.75) is 12.8 Å². The third-order valence-electron chi connectivity index (χ3n) is 3.03. The molecule has 0 aromatic heterocycles. The van der Waals surface area contributed by atoms with Crippen LogP contribution in [-0.2, 0) is 4.79 Å². The largest absolute Gasteiger partial charge is 0.371 e. The maximum absolute atomic E-state index is 10.6. The molecule has 1 fully saturated rings. The number of benzene rings is 1. The van der Waals surface area contributed by atoms with E-state index in [1.165, 1.54) is 0 Å². The van der Waals surface area contributed by atoms with E-state index < -0.39 is 0 Å². The smallest absolute Gasteiger partial charge is 0.123 e. The van der Waals surface area contributed by atoms with Crippen LogP contribution in [0.2, 0.25) is 0 Å². The number of carbonyl (C=O) groups is 1. The fourth-order valence-electron chi connectivity index (χ4n) is 2.04. The predicted octanol–water partition coefficient (Wildman–Crippen LogP) is 2.50. The van der Waals surface area contributed by atoms with Gasteiger partial charge in [-0.25, -0.2) is 0 Å². The Morgan fingerprint density at radius 2 is 2.06 bits per heavy atom. The van der Waals surface area contributed by atoms with E-state index in [-0.39, 0.29) is 5.92 Å². The van der Waals surface area contributed by atoms with Crippen LogP contribution in [0.1, 0.15) is 12.8 Å². The monoisotopic (exact) mass is 218 g/mol. The van der Waals surface area contributed by atoms with E-state index in [0.29, 0.717) is 5.69 Å². The third kappa shape index (κ3) is 2.27. The Morgan fingerprint density at radius 1 is 1.31 bits per heavy atom. The Labute approximate surface area is 94.2 Å². The molecule has 84 valence electrons. The van der Waals surface area contributed by atoms with Gasteiger partial charge in [0, 0.05) is 24.7 Å². The van der Waals surface area contributed by atoms with Gasteiger partial charge in [0.15, 0.2) is 0 Å². The molecule has 0 saturated carbocycles. The van der Waals surface area contributed by atoms with Gasteiger partial charge in [0.1, 0.15) is 12.0 Å². The topological polar surface area (TPSA) is 49.7 Å². The van der Waals surface area contributed by atoms with E-state index >= 15 is 0 Å². The molecule has 1 aromatic carbocycles. The second-order valence-electron chi connectivity index (χ2n) is 4.07. The molecule has 1 saturated heterocycles. The summed E-state index contributed by atoms with van der Waals surface area (Å²) in [4.78, 5) is 23.2. The molecule has 0 amide bonds. The summed E-state index contributed by atoms with van der Waals surface area (Å²) >= 11 is 0. The minimum atomic E-state index is 0.198. The molecule has 1 heterocycles. The van der Waals surface area contributed by atoms with E-state index in [0.717, 1.165) is 37.9 Å². The summed E-state index contributed by atoms with van der Waals surface area (Å²) in [5.41, 5.74) is 1.47. The summed E-state index contributed by atoms with van der Waals surface area (Å²) in [6.07, 6.45) is 2.82. The highest BCUT2D eigenvalue weighted by Gasteiger charge is 2.18. The van der Waals surface area contributed by atoms with Crippen molar-refractivity contribution < 1.29 is 4.79 Å². The van der Waals surface area contributed by atoms with Crippen LogP contribution in [0.3, 0.4) is 0 Å². The van der Waals surface area contributed by atoms with E-state index in [4.69, 9.17) is 0 Å². The molecule has 0 N–H and O–H groups in total. The molecule has 0 spiro atoms. The van der Waals surface area contributed by atoms with E-state index in [9.17, 15) is 9.70 Å². The fourth-order valence-corrected chi connectivity index (χ4v) is 2.04. The van der Waals surface area contributed by atoms with Crippen molar-refractivity contribution in [1.82, 2.24) is 0 Å². The first-order valence-corrected chi connectivity index (χ1v) is 5.47. The molecule has 16 heavy (non-hydrogen) atoms. The zero-order chi connectivity index (χ0) is 11.4. The number of piperidine rings is 1. The third-order valence-corrected chi connectivity index (χ3v) is 3.03. The number of nitrogens with zero attached hydrogens (tertiary/aromatic N) is 2. The van der Waals surface area contributed by atoms with Crippen LogP contribution in [0.25, 0.3) is 0 Å². The molecule has 0 unspecified atom stereocenters. The van der Waals surface area contributed by atoms with Crippen molar-refractivity contribution >= 4 is 17.7 Å². The molecule has 0 bridgehead atoms. The fraction of sp³-hybridized carbons (Fsp3) is 0.417. The van der Waals surface area contributed by atoms with Crippen molar-refractivity contribution in [3.63, 3.8) is 0 Å². The quantitative estimate of drug-likeness (QED) is 0.578. The van der Waals surface area contributed by atoms with Gasteiger partial charge >= 0.3 is 0 Å². The SMILES string of the molecule is O=CC1CCN(c2cccc(N=O)c2)CC1. The summed E-state index contributed by atoms with van der Waals surface area (Å²) < 4.78 is 0. The van der Waals surface area contributed by atoms with E-state index in [2.05, 4.69) is 10.1 Å².